The van der Waals surface area contributed by atoms with Crippen molar-refractivity contribution >= 4 is 65.6 Å². The number of para-hydroxylation sites is 3. The number of hydrogen-bond donors (Lipinski definition) is 0. The molecule has 4 aromatic heterocycles. The highest BCUT2D eigenvalue weighted by atomic mass is 16.3. The molecule has 0 fully saturated rings. The maximum Gasteiger partial charge on any atom is 0.164 e. The van der Waals surface area contributed by atoms with Crippen molar-refractivity contribution in [2.75, 3.05) is 0 Å². The molecule has 0 aliphatic rings. The first-order chi connectivity index (χ1) is 31.2. The summed E-state index contributed by atoms with van der Waals surface area (Å²) in [4.78, 5) is 15.2. The molecule has 9 aromatic carbocycles. The van der Waals surface area contributed by atoms with Gasteiger partial charge in [-0.15, -0.1) is 0 Å². The Labute approximate surface area is 361 Å². The van der Waals surface area contributed by atoms with Gasteiger partial charge in [0, 0.05) is 54.7 Å². The molecule has 6 nitrogen and oxygen atoms in total. The van der Waals surface area contributed by atoms with Crippen LogP contribution in [0.2, 0.25) is 0 Å². The van der Waals surface area contributed by atoms with Crippen LogP contribution >= 0.6 is 0 Å². The molecule has 63 heavy (non-hydrogen) atoms. The Morgan fingerprint density at radius 1 is 0.317 bits per heavy atom. The molecule has 0 aliphatic heterocycles. The molecule has 13 aromatic rings. The van der Waals surface area contributed by atoms with Gasteiger partial charge < -0.3 is 13.6 Å². The van der Waals surface area contributed by atoms with E-state index in [0.29, 0.717) is 17.5 Å². The highest BCUT2D eigenvalue weighted by Crippen LogP contribution is 2.45. The van der Waals surface area contributed by atoms with Gasteiger partial charge in [0.15, 0.2) is 23.1 Å². The van der Waals surface area contributed by atoms with Crippen LogP contribution in [0.4, 0.5) is 0 Å². The van der Waals surface area contributed by atoms with Crippen LogP contribution in [0.15, 0.2) is 217 Å². The molecule has 0 saturated carbocycles. The lowest BCUT2D eigenvalue weighted by molar-refractivity contribution is 0.666. The number of aromatic nitrogens is 5. The topological polar surface area (TPSA) is 61.7 Å². The first kappa shape index (κ1) is 35.2. The van der Waals surface area contributed by atoms with E-state index in [0.717, 1.165) is 82.8 Å². The summed E-state index contributed by atoms with van der Waals surface area (Å²) in [5.74, 6) is 1.86. The van der Waals surface area contributed by atoms with Crippen molar-refractivity contribution in [3.8, 4) is 56.7 Å². The van der Waals surface area contributed by atoms with Gasteiger partial charge in [0.25, 0.3) is 0 Å². The van der Waals surface area contributed by atoms with Crippen LogP contribution in [0.3, 0.4) is 0 Å². The maximum absolute atomic E-state index is 7.07. The van der Waals surface area contributed by atoms with Crippen LogP contribution in [0.5, 0.6) is 0 Å². The number of benzene rings is 9. The van der Waals surface area contributed by atoms with E-state index in [-0.39, 0.29) is 0 Å². The van der Waals surface area contributed by atoms with Crippen LogP contribution < -0.4 is 0 Å². The fraction of sp³-hybridized carbons (Fsp3) is 0. The van der Waals surface area contributed by atoms with E-state index in [1.165, 1.54) is 21.9 Å². The van der Waals surface area contributed by atoms with Gasteiger partial charge in [0.1, 0.15) is 5.58 Å². The summed E-state index contributed by atoms with van der Waals surface area (Å²) in [5, 5.41) is 6.70. The molecule has 6 heteroatoms. The summed E-state index contributed by atoms with van der Waals surface area (Å²) in [5.41, 5.74) is 13.3. The molecular weight excluding hydrogens is 771 g/mol. The van der Waals surface area contributed by atoms with E-state index in [1.807, 2.05) is 60.7 Å². The standard InChI is InChI=1S/C57H35N5O/c1-5-16-36(17-6-1)39-28-30-43-42-24-13-14-26-46(42)62(50(43)35-39)49-27-15-25-44-53-51(63-54(44)49)33-32-48-52(53)45-34-40(29-31-47(45)61(48)41-22-11-4-12-23-41)57-59-55(37-18-7-2-8-19-37)58-56(60-57)38-20-9-3-10-21-38/h1-35H. The van der Waals surface area contributed by atoms with Crippen molar-refractivity contribution in [1.29, 1.82) is 0 Å². The smallest absolute Gasteiger partial charge is 0.164 e. The number of furan rings is 1. The molecule has 4 heterocycles. The molecule has 0 atom stereocenters. The maximum atomic E-state index is 7.07. The second kappa shape index (κ2) is 14.0. The fourth-order valence-corrected chi connectivity index (χ4v) is 9.53. The Balaban J connectivity index is 1.09. The molecule has 294 valence electrons. The van der Waals surface area contributed by atoms with Crippen molar-refractivity contribution in [2.24, 2.45) is 0 Å². The quantitative estimate of drug-likeness (QED) is 0.168. The van der Waals surface area contributed by atoms with E-state index in [9.17, 15) is 0 Å². The lowest BCUT2D eigenvalue weighted by Crippen LogP contribution is -2.00. The average molecular weight is 806 g/mol. The molecule has 0 amide bonds. The highest BCUT2D eigenvalue weighted by Gasteiger charge is 2.23. The Morgan fingerprint density at radius 2 is 0.873 bits per heavy atom. The third-order valence-corrected chi connectivity index (χ3v) is 12.4. The second-order valence-corrected chi connectivity index (χ2v) is 16.0. The van der Waals surface area contributed by atoms with Crippen molar-refractivity contribution in [3.05, 3.63) is 212 Å². The van der Waals surface area contributed by atoms with Gasteiger partial charge in [-0.25, -0.2) is 15.0 Å². The summed E-state index contributed by atoms with van der Waals surface area (Å²) in [6, 6.07) is 74.3. The summed E-state index contributed by atoms with van der Waals surface area (Å²) in [6.07, 6.45) is 0. The third kappa shape index (κ3) is 5.55. The zero-order valence-corrected chi connectivity index (χ0v) is 33.9. The molecule has 0 saturated heterocycles. The monoisotopic (exact) mass is 805 g/mol. The lowest BCUT2D eigenvalue weighted by atomic mass is 10.0. The van der Waals surface area contributed by atoms with E-state index < -0.39 is 0 Å². The minimum atomic E-state index is 0.609. The van der Waals surface area contributed by atoms with Gasteiger partial charge in [-0.05, 0) is 71.8 Å². The summed E-state index contributed by atoms with van der Waals surface area (Å²) >= 11 is 0. The predicted octanol–water partition coefficient (Wildman–Crippen LogP) is 14.6. The average Bonchev–Trinajstić information content (AvgIpc) is 4.02. The van der Waals surface area contributed by atoms with Crippen LogP contribution in [-0.2, 0) is 0 Å². The van der Waals surface area contributed by atoms with Gasteiger partial charge in [-0.1, -0.05) is 152 Å². The van der Waals surface area contributed by atoms with Gasteiger partial charge in [-0.2, -0.15) is 0 Å². The van der Waals surface area contributed by atoms with E-state index in [2.05, 4.69) is 161 Å². The predicted molar refractivity (Wildman–Crippen MR) is 258 cm³/mol. The summed E-state index contributed by atoms with van der Waals surface area (Å²) in [7, 11) is 0. The van der Waals surface area contributed by atoms with Crippen molar-refractivity contribution in [2.45, 2.75) is 0 Å². The van der Waals surface area contributed by atoms with Crippen molar-refractivity contribution in [1.82, 2.24) is 24.1 Å². The number of nitrogens with zero attached hydrogens (tertiary/aromatic N) is 5. The number of hydrogen-bond acceptors (Lipinski definition) is 4. The van der Waals surface area contributed by atoms with E-state index in [4.69, 9.17) is 19.4 Å². The molecule has 0 N–H and O–H groups in total. The molecule has 0 unspecified atom stereocenters. The van der Waals surface area contributed by atoms with Crippen LogP contribution in [0.25, 0.3) is 122 Å². The van der Waals surface area contributed by atoms with Crippen molar-refractivity contribution in [3.63, 3.8) is 0 Å². The molecule has 0 spiro atoms. The minimum absolute atomic E-state index is 0.609. The first-order valence-electron chi connectivity index (χ1n) is 21.2. The SMILES string of the molecule is c1ccc(-c2ccc3c4ccccc4n(-c4cccc5c4oc4ccc6c(c7cc(-c8nc(-c9ccccc9)nc(-c9ccccc9)n8)ccc7n6-c6ccccc6)c45)c3c2)cc1. The minimum Gasteiger partial charge on any atom is -0.454 e. The molecular formula is C57H35N5O. The largest absolute Gasteiger partial charge is 0.454 e. The Hall–Kier alpha value is -8.61. The number of fused-ring (bicyclic) bond motifs is 10. The molecule has 13 rings (SSSR count). The first-order valence-corrected chi connectivity index (χ1v) is 21.2. The zero-order valence-electron chi connectivity index (χ0n) is 33.9. The van der Waals surface area contributed by atoms with Crippen molar-refractivity contribution < 1.29 is 4.42 Å². The Kier molecular flexibility index (Phi) is 7.80. The van der Waals surface area contributed by atoms with Gasteiger partial charge in [0.05, 0.1) is 27.8 Å². The van der Waals surface area contributed by atoms with Gasteiger partial charge in [-0.3, -0.25) is 0 Å². The van der Waals surface area contributed by atoms with Gasteiger partial charge in [0.2, 0.25) is 0 Å². The molecule has 0 radical (unpaired) electrons. The second-order valence-electron chi connectivity index (χ2n) is 16.0. The highest BCUT2D eigenvalue weighted by molar-refractivity contribution is 6.28. The number of rotatable bonds is 6. The van der Waals surface area contributed by atoms with E-state index >= 15 is 0 Å². The third-order valence-electron chi connectivity index (χ3n) is 12.4. The normalized spacial score (nSPS) is 11.8. The van der Waals surface area contributed by atoms with Crippen LogP contribution in [0, 0.1) is 0 Å². The van der Waals surface area contributed by atoms with E-state index in [1.54, 1.807) is 0 Å². The van der Waals surface area contributed by atoms with Crippen LogP contribution in [0.1, 0.15) is 0 Å². The lowest BCUT2D eigenvalue weighted by Gasteiger charge is -2.10. The summed E-state index contributed by atoms with van der Waals surface area (Å²) in [6.45, 7) is 0. The Morgan fingerprint density at radius 3 is 1.59 bits per heavy atom. The zero-order chi connectivity index (χ0) is 41.4. The molecule has 0 bridgehead atoms. The summed E-state index contributed by atoms with van der Waals surface area (Å²) < 4.78 is 11.8. The van der Waals surface area contributed by atoms with Gasteiger partial charge >= 0.3 is 0 Å². The Bertz CT molecular complexity index is 3830. The van der Waals surface area contributed by atoms with Crippen LogP contribution in [-0.4, -0.2) is 24.1 Å². The fourth-order valence-electron chi connectivity index (χ4n) is 9.53. The molecule has 0 aliphatic carbocycles.